The van der Waals surface area contributed by atoms with Crippen LogP contribution in [0.25, 0.3) is 0 Å². The number of rotatable bonds is 6. The standard InChI is InChI=1S/C27H25BrN2O5/c1-3-15-11-18(28)6-9-21(15)29-22(31)13-35-27(34)16-4-7-19(8-5-16)30-25(32)23-17-10-14(2)20(12-17)24(23)26(30)33/h4-11,17,20,23-24H,3,12-13H2,1-2H3,(H,29,31)/t17-,20+,23-,24+/m0/s1. The van der Waals surface area contributed by atoms with E-state index in [4.69, 9.17) is 4.74 Å². The van der Waals surface area contributed by atoms with E-state index in [2.05, 4.69) is 27.3 Å². The van der Waals surface area contributed by atoms with Gasteiger partial charge in [-0.15, -0.1) is 0 Å². The highest BCUT2D eigenvalue weighted by Gasteiger charge is 2.60. The molecule has 8 heteroatoms. The van der Waals surface area contributed by atoms with Crippen LogP contribution in [0.4, 0.5) is 11.4 Å². The van der Waals surface area contributed by atoms with Gasteiger partial charge in [0.1, 0.15) is 0 Å². The maximum atomic E-state index is 13.1. The molecule has 0 aromatic heterocycles. The molecule has 1 heterocycles. The van der Waals surface area contributed by atoms with E-state index in [9.17, 15) is 19.2 Å². The minimum atomic E-state index is -0.660. The fraction of sp³-hybridized carbons (Fsp3) is 0.333. The lowest BCUT2D eigenvalue weighted by molar-refractivity contribution is -0.123. The molecule has 2 aromatic carbocycles. The van der Waals surface area contributed by atoms with Gasteiger partial charge in [-0.3, -0.25) is 19.3 Å². The zero-order valence-corrected chi connectivity index (χ0v) is 21.0. The number of fused-ring (bicyclic) bond motifs is 5. The summed E-state index contributed by atoms with van der Waals surface area (Å²) in [6.07, 6.45) is 3.75. The van der Waals surface area contributed by atoms with Crippen molar-refractivity contribution in [2.24, 2.45) is 23.7 Å². The van der Waals surface area contributed by atoms with Gasteiger partial charge in [0.15, 0.2) is 6.61 Å². The number of anilines is 2. The van der Waals surface area contributed by atoms with Crippen LogP contribution in [-0.4, -0.2) is 30.3 Å². The second kappa shape index (κ2) is 9.07. The number of hydrogen-bond acceptors (Lipinski definition) is 5. The quantitative estimate of drug-likeness (QED) is 0.333. The zero-order valence-electron chi connectivity index (χ0n) is 19.4. The maximum Gasteiger partial charge on any atom is 0.338 e. The molecule has 2 fully saturated rings. The molecular formula is C27H25BrN2O5. The SMILES string of the molecule is CCc1cc(Br)ccc1NC(=O)COC(=O)c1ccc(N2C(=O)[C@@H]3[C@H](C2=O)[C@@H]2C[C@@H]3C=C2C)cc1. The van der Waals surface area contributed by atoms with Gasteiger partial charge >= 0.3 is 5.97 Å². The summed E-state index contributed by atoms with van der Waals surface area (Å²) in [6.45, 7) is 3.59. The Morgan fingerprint density at radius 2 is 1.80 bits per heavy atom. The number of imide groups is 1. The Morgan fingerprint density at radius 3 is 2.51 bits per heavy atom. The molecule has 0 unspecified atom stereocenters. The number of nitrogens with one attached hydrogen (secondary N) is 1. The van der Waals surface area contributed by atoms with Crippen molar-refractivity contribution in [3.05, 3.63) is 69.7 Å². The van der Waals surface area contributed by atoms with Gasteiger partial charge in [0.25, 0.3) is 5.91 Å². The van der Waals surface area contributed by atoms with Crippen LogP contribution in [0.15, 0.2) is 58.6 Å². The van der Waals surface area contributed by atoms with Crippen molar-refractivity contribution < 1.29 is 23.9 Å². The minimum Gasteiger partial charge on any atom is -0.452 e. The smallest absolute Gasteiger partial charge is 0.338 e. The fourth-order valence-corrected chi connectivity index (χ4v) is 6.06. The fourth-order valence-electron chi connectivity index (χ4n) is 5.65. The molecular weight excluding hydrogens is 512 g/mol. The summed E-state index contributed by atoms with van der Waals surface area (Å²) < 4.78 is 6.08. The predicted octanol–water partition coefficient (Wildman–Crippen LogP) is 4.51. The predicted molar refractivity (Wildman–Crippen MR) is 134 cm³/mol. The highest BCUT2D eigenvalue weighted by atomic mass is 79.9. The Balaban J connectivity index is 1.20. The molecule has 1 aliphatic heterocycles. The Kier molecular flexibility index (Phi) is 6.09. The Hall–Kier alpha value is -3.26. The summed E-state index contributed by atoms with van der Waals surface area (Å²) in [5.74, 6) is -1.69. The molecule has 1 saturated carbocycles. The van der Waals surface area contributed by atoms with E-state index in [0.717, 1.165) is 22.9 Å². The van der Waals surface area contributed by atoms with Gasteiger partial charge in [0, 0.05) is 10.2 Å². The molecule has 1 saturated heterocycles. The summed E-state index contributed by atoms with van der Waals surface area (Å²) in [7, 11) is 0. The Morgan fingerprint density at radius 1 is 1.09 bits per heavy atom. The van der Waals surface area contributed by atoms with E-state index >= 15 is 0 Å². The van der Waals surface area contributed by atoms with Crippen molar-refractivity contribution in [1.29, 1.82) is 0 Å². The minimum absolute atomic E-state index is 0.137. The third kappa shape index (κ3) is 4.10. The van der Waals surface area contributed by atoms with E-state index in [1.165, 1.54) is 22.6 Å². The second-order valence-corrected chi connectivity index (χ2v) is 10.2. The van der Waals surface area contributed by atoms with Crippen LogP contribution in [0, 0.1) is 23.7 Å². The van der Waals surface area contributed by atoms with Crippen LogP contribution < -0.4 is 10.2 Å². The van der Waals surface area contributed by atoms with Crippen LogP contribution in [0.3, 0.4) is 0 Å². The number of benzene rings is 2. The van der Waals surface area contributed by atoms with E-state index in [-0.39, 0.29) is 41.0 Å². The molecule has 180 valence electrons. The van der Waals surface area contributed by atoms with Crippen LogP contribution in [0.2, 0.25) is 0 Å². The summed E-state index contributed by atoms with van der Waals surface area (Å²) in [4.78, 5) is 52.1. The first-order valence-corrected chi connectivity index (χ1v) is 12.5. The average Bonchev–Trinajstić information content (AvgIpc) is 3.48. The highest BCUT2D eigenvalue weighted by molar-refractivity contribution is 9.10. The zero-order chi connectivity index (χ0) is 24.9. The highest BCUT2D eigenvalue weighted by Crippen LogP contribution is 2.55. The summed E-state index contributed by atoms with van der Waals surface area (Å²) in [6, 6.07) is 11.7. The number of esters is 1. The summed E-state index contributed by atoms with van der Waals surface area (Å²) in [5.41, 5.74) is 3.51. The van der Waals surface area contributed by atoms with Gasteiger partial charge in [-0.1, -0.05) is 34.5 Å². The molecule has 0 spiro atoms. The first-order chi connectivity index (χ1) is 16.8. The molecule has 2 bridgehead atoms. The normalized spacial score (nSPS) is 24.4. The number of allylic oxidation sites excluding steroid dienone is 2. The lowest BCUT2D eigenvalue weighted by Crippen LogP contribution is -2.33. The number of ether oxygens (including phenoxy) is 1. The van der Waals surface area contributed by atoms with Crippen molar-refractivity contribution in [3.63, 3.8) is 0 Å². The van der Waals surface area contributed by atoms with Crippen LogP contribution in [0.5, 0.6) is 0 Å². The van der Waals surface area contributed by atoms with Gasteiger partial charge in [-0.25, -0.2) is 4.79 Å². The number of hydrogen-bond donors (Lipinski definition) is 1. The number of carbonyl (C=O) groups is 4. The van der Waals surface area contributed by atoms with Gasteiger partial charge in [-0.05, 0) is 79.6 Å². The number of halogens is 1. The van der Waals surface area contributed by atoms with Gasteiger partial charge in [0.2, 0.25) is 11.8 Å². The summed E-state index contributed by atoms with van der Waals surface area (Å²) in [5, 5.41) is 2.76. The average molecular weight is 537 g/mol. The van der Waals surface area contributed by atoms with Gasteiger partial charge in [0.05, 0.1) is 23.1 Å². The largest absolute Gasteiger partial charge is 0.452 e. The maximum absolute atomic E-state index is 13.1. The Labute approximate surface area is 211 Å². The first kappa shape index (κ1) is 23.5. The van der Waals surface area contributed by atoms with Crippen LogP contribution >= 0.6 is 15.9 Å². The van der Waals surface area contributed by atoms with Crippen LogP contribution in [0.1, 0.15) is 36.2 Å². The number of aryl methyl sites for hydroxylation is 1. The second-order valence-electron chi connectivity index (χ2n) is 9.31. The van der Waals surface area contributed by atoms with Crippen molar-refractivity contribution in [1.82, 2.24) is 0 Å². The molecule has 35 heavy (non-hydrogen) atoms. The number of nitrogens with zero attached hydrogens (tertiary/aromatic N) is 1. The van der Waals surface area contributed by atoms with Crippen molar-refractivity contribution in [2.45, 2.75) is 26.7 Å². The number of carbonyl (C=O) groups excluding carboxylic acids is 4. The lowest BCUT2D eigenvalue weighted by atomic mass is 9.82. The third-order valence-electron chi connectivity index (χ3n) is 7.30. The molecule has 1 N–H and O–H groups in total. The van der Waals surface area contributed by atoms with E-state index in [1.807, 2.05) is 26.0 Å². The Bertz CT molecular complexity index is 1270. The molecule has 4 atom stereocenters. The van der Waals surface area contributed by atoms with Crippen molar-refractivity contribution >= 4 is 51.0 Å². The van der Waals surface area contributed by atoms with E-state index in [1.54, 1.807) is 18.2 Å². The van der Waals surface area contributed by atoms with E-state index < -0.39 is 18.5 Å². The molecule has 2 aromatic rings. The van der Waals surface area contributed by atoms with Crippen molar-refractivity contribution in [2.75, 3.05) is 16.8 Å². The molecule has 3 aliphatic rings. The topological polar surface area (TPSA) is 92.8 Å². The molecule has 2 aliphatic carbocycles. The molecule has 0 radical (unpaired) electrons. The summed E-state index contributed by atoms with van der Waals surface area (Å²) >= 11 is 3.41. The lowest BCUT2D eigenvalue weighted by Gasteiger charge is -2.19. The van der Waals surface area contributed by atoms with Crippen molar-refractivity contribution in [3.8, 4) is 0 Å². The monoisotopic (exact) mass is 536 g/mol. The van der Waals surface area contributed by atoms with E-state index in [0.29, 0.717) is 11.4 Å². The third-order valence-corrected chi connectivity index (χ3v) is 7.79. The first-order valence-electron chi connectivity index (χ1n) is 11.7. The van der Waals surface area contributed by atoms with Gasteiger partial charge in [-0.2, -0.15) is 0 Å². The molecule has 7 nitrogen and oxygen atoms in total. The molecule has 5 rings (SSSR count). The number of amides is 3. The van der Waals surface area contributed by atoms with Crippen LogP contribution in [-0.2, 0) is 25.5 Å². The molecule has 3 amide bonds. The van der Waals surface area contributed by atoms with Gasteiger partial charge < -0.3 is 10.1 Å².